The summed E-state index contributed by atoms with van der Waals surface area (Å²) in [6, 6.07) is 13.3. The molecule has 5 nitrogen and oxygen atoms in total. The van der Waals surface area contributed by atoms with Crippen LogP contribution in [-0.4, -0.2) is 18.2 Å². The molecule has 1 aliphatic heterocycles. The molecular formula is C27H34N2O3. The predicted molar refractivity (Wildman–Crippen MR) is 132 cm³/mol. The fourth-order valence-corrected chi connectivity index (χ4v) is 4.54. The molecule has 32 heavy (non-hydrogen) atoms. The first kappa shape index (κ1) is 22.4. The van der Waals surface area contributed by atoms with E-state index in [0.29, 0.717) is 22.3 Å². The Labute approximate surface area is 190 Å². The van der Waals surface area contributed by atoms with E-state index in [4.69, 9.17) is 4.42 Å². The van der Waals surface area contributed by atoms with Crippen LogP contribution in [0, 0.1) is 12.3 Å². The summed E-state index contributed by atoms with van der Waals surface area (Å²) in [6.07, 6.45) is 1.57. The quantitative estimate of drug-likeness (QED) is 0.519. The van der Waals surface area contributed by atoms with Crippen molar-refractivity contribution >= 4 is 22.5 Å². The number of rotatable bonds is 5. The molecule has 0 amide bonds. The Morgan fingerprint density at radius 1 is 1.06 bits per heavy atom. The normalized spacial score (nSPS) is 17.9. The summed E-state index contributed by atoms with van der Waals surface area (Å²) in [7, 11) is 0. The molecule has 4 rings (SSSR count). The van der Waals surface area contributed by atoms with E-state index in [-0.39, 0.29) is 11.5 Å². The van der Waals surface area contributed by atoms with Gasteiger partial charge in [-0.15, -0.1) is 0 Å². The zero-order valence-corrected chi connectivity index (χ0v) is 19.7. The van der Waals surface area contributed by atoms with E-state index in [1.54, 1.807) is 13.0 Å². The number of aliphatic hydroxyl groups excluding tert-OH is 1. The van der Waals surface area contributed by atoms with Gasteiger partial charge in [-0.2, -0.15) is 0 Å². The van der Waals surface area contributed by atoms with Crippen LogP contribution in [-0.2, 0) is 0 Å². The molecule has 170 valence electrons. The monoisotopic (exact) mass is 434 g/mol. The van der Waals surface area contributed by atoms with Crippen molar-refractivity contribution in [3.63, 3.8) is 0 Å². The van der Waals surface area contributed by atoms with Gasteiger partial charge in [0, 0.05) is 36.0 Å². The minimum Gasteiger partial charge on any atom is -0.440 e. The first-order valence-corrected chi connectivity index (χ1v) is 11.5. The highest BCUT2D eigenvalue weighted by atomic mass is 16.4. The zero-order chi connectivity index (χ0) is 23.0. The number of aliphatic hydroxyl groups is 1. The Balaban J connectivity index is 1.74. The van der Waals surface area contributed by atoms with E-state index in [1.165, 1.54) is 0 Å². The van der Waals surface area contributed by atoms with E-state index < -0.39 is 6.10 Å². The average molecular weight is 435 g/mol. The number of para-hydroxylation sites is 1. The third kappa shape index (κ3) is 4.53. The highest BCUT2D eigenvalue weighted by molar-refractivity contribution is 5.82. The fraction of sp³-hybridized carbons (Fsp3) is 0.444. The SMILES string of the molecule is Cc1cc(C(C)Nc2ccccc2C(C)O)c2oc(N3CCC(C)(C)CC3)cc(=O)c2c1. The summed E-state index contributed by atoms with van der Waals surface area (Å²) in [5, 5.41) is 14.3. The maximum absolute atomic E-state index is 13.1. The Bertz CT molecular complexity index is 1170. The maximum Gasteiger partial charge on any atom is 0.200 e. The van der Waals surface area contributed by atoms with Crippen molar-refractivity contribution in [1.29, 1.82) is 0 Å². The van der Waals surface area contributed by atoms with Crippen LogP contribution >= 0.6 is 0 Å². The first-order chi connectivity index (χ1) is 15.1. The molecule has 5 heteroatoms. The van der Waals surface area contributed by atoms with Crippen LogP contribution in [0.4, 0.5) is 11.6 Å². The third-order valence-electron chi connectivity index (χ3n) is 6.67. The van der Waals surface area contributed by atoms with Crippen LogP contribution in [0.5, 0.6) is 0 Å². The molecule has 2 atom stereocenters. The molecule has 0 bridgehead atoms. The van der Waals surface area contributed by atoms with Gasteiger partial charge in [0.25, 0.3) is 0 Å². The van der Waals surface area contributed by atoms with Gasteiger partial charge in [-0.3, -0.25) is 4.79 Å². The van der Waals surface area contributed by atoms with Gasteiger partial charge in [-0.05, 0) is 56.7 Å². The number of hydrogen-bond donors (Lipinski definition) is 2. The molecule has 2 unspecified atom stereocenters. The van der Waals surface area contributed by atoms with E-state index in [9.17, 15) is 9.90 Å². The molecule has 2 aromatic carbocycles. The molecule has 2 N–H and O–H groups in total. The second-order valence-electron chi connectivity index (χ2n) is 9.96. The van der Waals surface area contributed by atoms with Gasteiger partial charge in [-0.25, -0.2) is 0 Å². The summed E-state index contributed by atoms with van der Waals surface area (Å²) in [5.41, 5.74) is 4.63. The minimum absolute atomic E-state index is 0.00684. The number of anilines is 2. The lowest BCUT2D eigenvalue weighted by Crippen LogP contribution is -2.37. The smallest absolute Gasteiger partial charge is 0.200 e. The summed E-state index contributed by atoms with van der Waals surface area (Å²) < 4.78 is 6.41. The molecule has 0 saturated carbocycles. The van der Waals surface area contributed by atoms with E-state index in [2.05, 4.69) is 37.1 Å². The lowest BCUT2D eigenvalue weighted by atomic mass is 9.83. The molecule has 1 saturated heterocycles. The Hall–Kier alpha value is -2.79. The number of aryl methyl sites for hydroxylation is 1. The van der Waals surface area contributed by atoms with Gasteiger partial charge in [0.1, 0.15) is 5.58 Å². The number of benzene rings is 2. The second-order valence-corrected chi connectivity index (χ2v) is 9.96. The van der Waals surface area contributed by atoms with Crippen molar-refractivity contribution in [3.05, 3.63) is 69.4 Å². The molecule has 0 spiro atoms. The highest BCUT2D eigenvalue weighted by Crippen LogP contribution is 2.35. The maximum atomic E-state index is 13.1. The van der Waals surface area contributed by atoms with Gasteiger partial charge in [-0.1, -0.05) is 38.1 Å². The van der Waals surface area contributed by atoms with Crippen LogP contribution in [0.1, 0.15) is 69.4 Å². The van der Waals surface area contributed by atoms with Crippen molar-refractivity contribution in [2.45, 2.75) is 59.6 Å². The Morgan fingerprint density at radius 3 is 2.44 bits per heavy atom. The topological polar surface area (TPSA) is 65.7 Å². The van der Waals surface area contributed by atoms with Crippen LogP contribution in [0.15, 0.2) is 51.7 Å². The lowest BCUT2D eigenvalue weighted by molar-refractivity contribution is 0.200. The molecule has 1 aliphatic rings. The lowest BCUT2D eigenvalue weighted by Gasteiger charge is -2.37. The van der Waals surface area contributed by atoms with E-state index >= 15 is 0 Å². The van der Waals surface area contributed by atoms with Crippen molar-refractivity contribution in [3.8, 4) is 0 Å². The van der Waals surface area contributed by atoms with Crippen LogP contribution in [0.25, 0.3) is 11.0 Å². The molecule has 1 fully saturated rings. The van der Waals surface area contributed by atoms with Gasteiger partial charge in [0.15, 0.2) is 11.3 Å². The van der Waals surface area contributed by atoms with Crippen molar-refractivity contribution in [1.82, 2.24) is 0 Å². The van der Waals surface area contributed by atoms with Crippen molar-refractivity contribution in [2.24, 2.45) is 5.41 Å². The summed E-state index contributed by atoms with van der Waals surface area (Å²) in [6.45, 7) is 12.2. The van der Waals surface area contributed by atoms with Gasteiger partial charge < -0.3 is 19.7 Å². The first-order valence-electron chi connectivity index (χ1n) is 11.5. The number of fused-ring (bicyclic) bond motifs is 1. The molecule has 0 radical (unpaired) electrons. The number of piperidine rings is 1. The minimum atomic E-state index is -0.576. The highest BCUT2D eigenvalue weighted by Gasteiger charge is 2.27. The van der Waals surface area contributed by atoms with Gasteiger partial charge >= 0.3 is 0 Å². The Kier molecular flexibility index (Phi) is 6.04. The van der Waals surface area contributed by atoms with E-state index in [0.717, 1.165) is 48.3 Å². The third-order valence-corrected chi connectivity index (χ3v) is 6.67. The standard InChI is InChI=1S/C27H34N2O3/c1-17-14-21(18(2)28-23-9-7-6-8-20(23)19(3)30)26-22(15-17)24(31)16-25(32-26)29-12-10-27(4,5)11-13-29/h6-9,14-16,18-19,28,30H,10-13H2,1-5H3. The van der Waals surface area contributed by atoms with Gasteiger partial charge in [0.2, 0.25) is 0 Å². The van der Waals surface area contributed by atoms with Crippen molar-refractivity contribution < 1.29 is 9.52 Å². The zero-order valence-electron chi connectivity index (χ0n) is 19.7. The molecular weight excluding hydrogens is 400 g/mol. The largest absolute Gasteiger partial charge is 0.440 e. The molecule has 3 aromatic rings. The predicted octanol–water partition coefficient (Wildman–Crippen LogP) is 5.95. The van der Waals surface area contributed by atoms with Crippen LogP contribution in [0.3, 0.4) is 0 Å². The molecule has 2 heterocycles. The second kappa shape index (κ2) is 8.62. The Morgan fingerprint density at radius 2 is 1.75 bits per heavy atom. The van der Waals surface area contributed by atoms with Gasteiger partial charge in [0.05, 0.1) is 17.5 Å². The molecule has 1 aromatic heterocycles. The number of nitrogens with zero attached hydrogens (tertiary/aromatic N) is 1. The summed E-state index contributed by atoms with van der Waals surface area (Å²) >= 11 is 0. The van der Waals surface area contributed by atoms with Crippen molar-refractivity contribution in [2.75, 3.05) is 23.3 Å². The fourth-order valence-electron chi connectivity index (χ4n) is 4.54. The molecule has 0 aliphatic carbocycles. The number of hydrogen-bond acceptors (Lipinski definition) is 5. The van der Waals surface area contributed by atoms with Crippen LogP contribution < -0.4 is 15.6 Å². The summed E-state index contributed by atoms with van der Waals surface area (Å²) in [5.74, 6) is 0.652. The average Bonchev–Trinajstić information content (AvgIpc) is 2.74. The van der Waals surface area contributed by atoms with E-state index in [1.807, 2.05) is 37.3 Å². The summed E-state index contributed by atoms with van der Waals surface area (Å²) in [4.78, 5) is 15.2. The van der Waals surface area contributed by atoms with Crippen LogP contribution in [0.2, 0.25) is 0 Å². The number of nitrogens with one attached hydrogen (secondary N) is 1.